The van der Waals surface area contributed by atoms with Gasteiger partial charge in [-0.2, -0.15) is 13.2 Å². The van der Waals surface area contributed by atoms with Crippen molar-refractivity contribution in [3.8, 4) is 0 Å². The van der Waals surface area contributed by atoms with Gasteiger partial charge in [-0.3, -0.25) is 0 Å². The molecule has 112 valence electrons. The molecule has 1 nitrogen and oxygen atoms in total. The minimum Gasteiger partial charge on any atom is -0.316 e. The van der Waals surface area contributed by atoms with Gasteiger partial charge in [-0.1, -0.05) is 39.0 Å². The van der Waals surface area contributed by atoms with Gasteiger partial charge in [0.05, 0.1) is 5.56 Å². The Kier molecular flexibility index (Phi) is 4.14. The third kappa shape index (κ3) is 3.35. The van der Waals surface area contributed by atoms with E-state index in [0.717, 1.165) is 31.1 Å². The maximum absolute atomic E-state index is 12.8. The molecular formula is C16H22F3N. The van der Waals surface area contributed by atoms with Crippen molar-refractivity contribution in [2.75, 3.05) is 13.1 Å². The SMILES string of the molecule is CC(C)CNCC1CC1(C)c1cccc(C(F)(F)F)c1. The van der Waals surface area contributed by atoms with Gasteiger partial charge in [0.15, 0.2) is 0 Å². The smallest absolute Gasteiger partial charge is 0.316 e. The van der Waals surface area contributed by atoms with Crippen molar-refractivity contribution in [2.24, 2.45) is 11.8 Å². The summed E-state index contributed by atoms with van der Waals surface area (Å²) in [5.74, 6) is 1.03. The fourth-order valence-electron chi connectivity index (χ4n) is 2.70. The van der Waals surface area contributed by atoms with Crippen molar-refractivity contribution in [3.63, 3.8) is 0 Å². The van der Waals surface area contributed by atoms with Gasteiger partial charge >= 0.3 is 6.18 Å². The molecule has 1 aromatic rings. The molecule has 0 saturated heterocycles. The minimum absolute atomic E-state index is 0.106. The zero-order valence-corrected chi connectivity index (χ0v) is 12.2. The normalized spacial score (nSPS) is 26.1. The molecule has 0 aliphatic heterocycles. The van der Waals surface area contributed by atoms with Crippen LogP contribution in [-0.2, 0) is 11.6 Å². The van der Waals surface area contributed by atoms with E-state index in [1.165, 1.54) is 12.1 Å². The third-order valence-electron chi connectivity index (χ3n) is 4.20. The second kappa shape index (κ2) is 5.40. The molecule has 2 unspecified atom stereocenters. The molecule has 0 radical (unpaired) electrons. The number of benzene rings is 1. The van der Waals surface area contributed by atoms with Crippen LogP contribution in [0.15, 0.2) is 24.3 Å². The first-order valence-electron chi connectivity index (χ1n) is 7.12. The van der Waals surface area contributed by atoms with Crippen molar-refractivity contribution in [2.45, 2.75) is 38.8 Å². The molecule has 0 aromatic heterocycles. The van der Waals surface area contributed by atoms with Crippen LogP contribution in [-0.4, -0.2) is 13.1 Å². The van der Waals surface area contributed by atoms with Crippen molar-refractivity contribution in [1.82, 2.24) is 5.32 Å². The molecule has 1 saturated carbocycles. The summed E-state index contributed by atoms with van der Waals surface area (Å²) < 4.78 is 38.3. The number of hydrogen-bond donors (Lipinski definition) is 1. The van der Waals surface area contributed by atoms with E-state index in [9.17, 15) is 13.2 Å². The molecule has 1 N–H and O–H groups in total. The van der Waals surface area contributed by atoms with Crippen molar-refractivity contribution in [3.05, 3.63) is 35.4 Å². The van der Waals surface area contributed by atoms with Crippen LogP contribution in [0.25, 0.3) is 0 Å². The summed E-state index contributed by atoms with van der Waals surface area (Å²) in [4.78, 5) is 0. The molecule has 1 aliphatic rings. The first-order chi connectivity index (χ1) is 9.23. The van der Waals surface area contributed by atoms with E-state index < -0.39 is 11.7 Å². The summed E-state index contributed by atoms with van der Waals surface area (Å²) in [6.45, 7) is 8.18. The Morgan fingerprint density at radius 3 is 2.65 bits per heavy atom. The molecular weight excluding hydrogens is 263 g/mol. The minimum atomic E-state index is -4.26. The summed E-state index contributed by atoms with van der Waals surface area (Å²) in [5, 5.41) is 3.39. The molecule has 4 heteroatoms. The molecule has 2 atom stereocenters. The number of halogens is 3. The highest BCUT2D eigenvalue weighted by atomic mass is 19.4. The summed E-state index contributed by atoms with van der Waals surface area (Å²) in [5.41, 5.74) is 0.159. The van der Waals surface area contributed by atoms with Gasteiger partial charge in [0.2, 0.25) is 0 Å². The summed E-state index contributed by atoms with van der Waals surface area (Å²) in [6.07, 6.45) is -3.30. The highest BCUT2D eigenvalue weighted by Crippen LogP contribution is 2.54. The summed E-state index contributed by atoms with van der Waals surface area (Å²) >= 11 is 0. The molecule has 0 spiro atoms. The molecule has 2 rings (SSSR count). The van der Waals surface area contributed by atoms with Gasteiger partial charge in [-0.15, -0.1) is 0 Å². The Hall–Kier alpha value is -1.03. The Balaban J connectivity index is 2.02. The Labute approximate surface area is 118 Å². The van der Waals surface area contributed by atoms with Gasteiger partial charge in [0, 0.05) is 0 Å². The van der Waals surface area contributed by atoms with Crippen LogP contribution in [0.4, 0.5) is 13.2 Å². The van der Waals surface area contributed by atoms with Gasteiger partial charge in [0.1, 0.15) is 0 Å². The molecule has 0 amide bonds. The molecule has 1 aliphatic carbocycles. The lowest BCUT2D eigenvalue weighted by Gasteiger charge is -2.15. The lowest BCUT2D eigenvalue weighted by molar-refractivity contribution is -0.137. The molecule has 1 fully saturated rings. The number of rotatable bonds is 5. The number of alkyl halides is 3. The summed E-state index contributed by atoms with van der Waals surface area (Å²) in [7, 11) is 0. The van der Waals surface area contributed by atoms with Gasteiger partial charge in [0.25, 0.3) is 0 Å². The second-order valence-electron chi connectivity index (χ2n) is 6.45. The quantitative estimate of drug-likeness (QED) is 0.853. The average molecular weight is 285 g/mol. The number of hydrogen-bond acceptors (Lipinski definition) is 1. The van der Waals surface area contributed by atoms with Crippen LogP contribution in [0, 0.1) is 11.8 Å². The maximum Gasteiger partial charge on any atom is 0.416 e. The van der Waals surface area contributed by atoms with E-state index in [0.29, 0.717) is 11.8 Å². The Morgan fingerprint density at radius 2 is 2.05 bits per heavy atom. The highest BCUT2D eigenvalue weighted by molar-refractivity contribution is 5.36. The largest absolute Gasteiger partial charge is 0.416 e. The fraction of sp³-hybridized carbons (Fsp3) is 0.625. The topological polar surface area (TPSA) is 12.0 Å². The van der Waals surface area contributed by atoms with E-state index in [4.69, 9.17) is 0 Å². The van der Waals surface area contributed by atoms with Crippen LogP contribution >= 0.6 is 0 Å². The van der Waals surface area contributed by atoms with Crippen LogP contribution in [0.3, 0.4) is 0 Å². The maximum atomic E-state index is 12.8. The Bertz CT molecular complexity index is 467. The zero-order valence-electron chi connectivity index (χ0n) is 12.2. The first-order valence-corrected chi connectivity index (χ1v) is 7.12. The van der Waals surface area contributed by atoms with E-state index in [2.05, 4.69) is 26.1 Å². The predicted octanol–water partition coefficient (Wildman–Crippen LogP) is 4.23. The molecule has 0 bridgehead atoms. The van der Waals surface area contributed by atoms with E-state index in [1.54, 1.807) is 0 Å². The number of nitrogens with one attached hydrogen (secondary N) is 1. The molecule has 20 heavy (non-hydrogen) atoms. The lowest BCUT2D eigenvalue weighted by Crippen LogP contribution is -2.24. The third-order valence-corrected chi connectivity index (χ3v) is 4.20. The average Bonchev–Trinajstić information content (AvgIpc) is 3.00. The van der Waals surface area contributed by atoms with Crippen molar-refractivity contribution in [1.29, 1.82) is 0 Å². The Morgan fingerprint density at radius 1 is 1.35 bits per heavy atom. The van der Waals surface area contributed by atoms with Crippen LogP contribution in [0.5, 0.6) is 0 Å². The predicted molar refractivity (Wildman–Crippen MR) is 74.6 cm³/mol. The van der Waals surface area contributed by atoms with Crippen LogP contribution < -0.4 is 5.32 Å². The van der Waals surface area contributed by atoms with E-state index in [-0.39, 0.29) is 5.41 Å². The lowest BCUT2D eigenvalue weighted by atomic mass is 9.93. The van der Waals surface area contributed by atoms with Crippen molar-refractivity contribution >= 4 is 0 Å². The van der Waals surface area contributed by atoms with Crippen molar-refractivity contribution < 1.29 is 13.2 Å². The highest BCUT2D eigenvalue weighted by Gasteiger charge is 2.51. The van der Waals surface area contributed by atoms with E-state index >= 15 is 0 Å². The zero-order chi connectivity index (χ0) is 15.0. The van der Waals surface area contributed by atoms with Crippen LogP contribution in [0.2, 0.25) is 0 Å². The van der Waals surface area contributed by atoms with Gasteiger partial charge in [-0.05, 0) is 48.4 Å². The fourth-order valence-corrected chi connectivity index (χ4v) is 2.70. The van der Waals surface area contributed by atoms with Crippen LogP contribution in [0.1, 0.15) is 38.3 Å². The monoisotopic (exact) mass is 285 g/mol. The second-order valence-corrected chi connectivity index (χ2v) is 6.45. The van der Waals surface area contributed by atoms with E-state index in [1.807, 2.05) is 6.07 Å². The van der Waals surface area contributed by atoms with Gasteiger partial charge < -0.3 is 5.32 Å². The summed E-state index contributed by atoms with van der Waals surface area (Å²) in [6, 6.07) is 5.78. The standard InChI is InChI=1S/C16H22F3N/c1-11(2)9-20-10-14-8-15(14,3)12-5-4-6-13(7-12)16(17,18)19/h4-7,11,14,20H,8-10H2,1-3H3. The first kappa shape index (κ1) is 15.4. The molecule has 0 heterocycles. The molecule has 1 aromatic carbocycles. The van der Waals surface area contributed by atoms with Gasteiger partial charge in [-0.25, -0.2) is 0 Å².